The number of nitrogens with zero attached hydrogens (tertiary/aromatic N) is 1. The van der Waals surface area contributed by atoms with Crippen LogP contribution in [0, 0.1) is 5.92 Å². The molecule has 0 atom stereocenters. The fourth-order valence-electron chi connectivity index (χ4n) is 5.01. The quantitative estimate of drug-likeness (QED) is 0.211. The molecule has 3 amide bonds. The van der Waals surface area contributed by atoms with Crippen molar-refractivity contribution in [2.24, 2.45) is 5.92 Å². The highest BCUT2D eigenvalue weighted by Crippen LogP contribution is 2.32. The number of unbranched alkanes of at least 4 members (excludes halogenated alkanes) is 1. The Morgan fingerprint density at radius 2 is 1.55 bits per heavy atom. The van der Waals surface area contributed by atoms with Crippen LogP contribution in [0.2, 0.25) is 0 Å². The summed E-state index contributed by atoms with van der Waals surface area (Å²) in [4.78, 5) is 27.8. The zero-order valence-corrected chi connectivity index (χ0v) is 22.0. The summed E-state index contributed by atoms with van der Waals surface area (Å²) in [5, 5.41) is 18.5. The number of carbonyl (C=O) groups excluding carboxylic acids is 2. The van der Waals surface area contributed by atoms with E-state index in [9.17, 15) is 14.7 Å². The zero-order valence-electron chi connectivity index (χ0n) is 22.0. The number of carbonyl (C=O) groups is 2. The van der Waals surface area contributed by atoms with Crippen molar-refractivity contribution >= 4 is 17.6 Å². The Kier molecular flexibility index (Phi) is 9.76. The van der Waals surface area contributed by atoms with Crippen LogP contribution in [-0.4, -0.2) is 48.1 Å². The van der Waals surface area contributed by atoms with E-state index in [4.69, 9.17) is 0 Å². The van der Waals surface area contributed by atoms with Gasteiger partial charge in [-0.2, -0.15) is 0 Å². The monoisotopic (exact) mass is 514 g/mol. The molecule has 1 saturated heterocycles. The number of aromatic hydroxyl groups is 1. The van der Waals surface area contributed by atoms with Crippen molar-refractivity contribution in [3.05, 3.63) is 95.6 Å². The summed E-state index contributed by atoms with van der Waals surface area (Å²) in [5.74, 6) is 0.0281. The molecule has 0 bridgehead atoms. The van der Waals surface area contributed by atoms with Gasteiger partial charge in [0.05, 0.1) is 17.3 Å². The van der Waals surface area contributed by atoms with E-state index < -0.39 is 0 Å². The number of hydrogen-bond donors (Lipinski definition) is 4. The molecule has 0 aromatic heterocycles. The van der Waals surface area contributed by atoms with Crippen molar-refractivity contribution in [3.63, 3.8) is 0 Å². The Labute approximate surface area is 225 Å². The second-order valence-electron chi connectivity index (χ2n) is 9.88. The number of amides is 3. The number of phenols is 1. The van der Waals surface area contributed by atoms with Gasteiger partial charge in [0, 0.05) is 13.1 Å². The minimum absolute atomic E-state index is 0.0201. The first-order valence-corrected chi connectivity index (χ1v) is 13.5. The molecule has 0 unspecified atom stereocenters. The molecule has 4 N–H and O–H groups in total. The van der Waals surface area contributed by atoms with Crippen LogP contribution in [0.3, 0.4) is 0 Å². The van der Waals surface area contributed by atoms with Crippen molar-refractivity contribution in [2.75, 3.05) is 31.5 Å². The number of anilines is 1. The highest BCUT2D eigenvalue weighted by atomic mass is 16.3. The molecule has 0 radical (unpaired) electrons. The molecule has 7 heteroatoms. The first-order valence-electron chi connectivity index (χ1n) is 13.5. The topological polar surface area (TPSA) is 93.7 Å². The average molecular weight is 515 g/mol. The number of rotatable bonds is 10. The maximum Gasteiger partial charge on any atom is 0.319 e. The van der Waals surface area contributed by atoms with Crippen LogP contribution in [0.1, 0.15) is 60.1 Å². The van der Waals surface area contributed by atoms with E-state index in [1.54, 1.807) is 6.07 Å². The normalized spacial score (nSPS) is 14.3. The van der Waals surface area contributed by atoms with Crippen LogP contribution in [0.15, 0.2) is 78.9 Å². The van der Waals surface area contributed by atoms with Gasteiger partial charge in [0.1, 0.15) is 5.75 Å². The van der Waals surface area contributed by atoms with Crippen LogP contribution >= 0.6 is 0 Å². The molecule has 4 rings (SSSR count). The van der Waals surface area contributed by atoms with Gasteiger partial charge in [0.25, 0.3) is 5.91 Å². The third kappa shape index (κ3) is 7.35. The van der Waals surface area contributed by atoms with Crippen molar-refractivity contribution in [1.29, 1.82) is 0 Å². The Morgan fingerprint density at radius 1 is 0.921 bits per heavy atom. The van der Waals surface area contributed by atoms with Crippen molar-refractivity contribution in [2.45, 2.75) is 38.6 Å². The van der Waals surface area contributed by atoms with Crippen LogP contribution in [0.4, 0.5) is 10.5 Å². The van der Waals surface area contributed by atoms with E-state index in [2.05, 4.69) is 76.3 Å². The predicted octanol–water partition coefficient (Wildman–Crippen LogP) is 5.55. The van der Waals surface area contributed by atoms with E-state index in [-0.39, 0.29) is 29.3 Å². The molecule has 3 aromatic carbocycles. The van der Waals surface area contributed by atoms with Gasteiger partial charge in [-0.15, -0.1) is 0 Å². The molecule has 3 aromatic rings. The molecule has 0 aliphatic carbocycles. The second kappa shape index (κ2) is 13.6. The fourth-order valence-corrected chi connectivity index (χ4v) is 5.01. The Balaban J connectivity index is 1.34. The van der Waals surface area contributed by atoms with Gasteiger partial charge in [-0.25, -0.2) is 4.79 Å². The number of piperidine rings is 1. The lowest BCUT2D eigenvalue weighted by Gasteiger charge is -2.38. The van der Waals surface area contributed by atoms with Gasteiger partial charge in [0.15, 0.2) is 0 Å². The lowest BCUT2D eigenvalue weighted by atomic mass is 9.91. The van der Waals surface area contributed by atoms with Gasteiger partial charge in [-0.05, 0) is 67.6 Å². The van der Waals surface area contributed by atoms with Crippen molar-refractivity contribution in [1.82, 2.24) is 15.5 Å². The Bertz CT molecular complexity index is 1140. The number of urea groups is 1. The molecule has 0 spiro atoms. The van der Waals surface area contributed by atoms with Gasteiger partial charge in [-0.3, -0.25) is 9.69 Å². The SMILES string of the molecule is CCCCNC(=O)Nc1ccc(O)cc1C(=O)NCC1CCN(C(c2ccccc2)c2ccccc2)CC1. The summed E-state index contributed by atoms with van der Waals surface area (Å²) in [6.45, 7) is 5.04. The van der Waals surface area contributed by atoms with E-state index in [1.165, 1.54) is 23.3 Å². The standard InChI is InChI=1S/C31H38N4O3/c1-2-3-18-32-31(38)34-28-15-14-26(36)21-27(28)30(37)33-22-23-16-19-35(20-17-23)29(24-10-6-4-7-11-24)25-12-8-5-9-13-25/h4-15,21,23,29,36H,2-3,16-20,22H2,1H3,(H,33,37)(H2,32,34,38). The fraction of sp³-hybridized carbons (Fsp3) is 0.355. The summed E-state index contributed by atoms with van der Waals surface area (Å²) in [6, 6.07) is 25.5. The first-order chi connectivity index (χ1) is 18.5. The number of nitrogens with one attached hydrogen (secondary N) is 3. The largest absolute Gasteiger partial charge is 0.508 e. The molecule has 1 heterocycles. The summed E-state index contributed by atoms with van der Waals surface area (Å²) >= 11 is 0. The maximum absolute atomic E-state index is 13.0. The third-order valence-electron chi connectivity index (χ3n) is 7.11. The average Bonchev–Trinajstić information content (AvgIpc) is 2.95. The molecule has 0 saturated carbocycles. The van der Waals surface area contributed by atoms with Gasteiger partial charge >= 0.3 is 6.03 Å². The zero-order chi connectivity index (χ0) is 26.7. The number of likely N-dealkylation sites (tertiary alicyclic amines) is 1. The third-order valence-corrected chi connectivity index (χ3v) is 7.11. The number of phenolic OH excluding ortho intramolecular Hbond substituents is 1. The smallest absolute Gasteiger partial charge is 0.319 e. The molecule has 7 nitrogen and oxygen atoms in total. The lowest BCUT2D eigenvalue weighted by molar-refractivity contribution is 0.0931. The minimum Gasteiger partial charge on any atom is -0.508 e. The molecule has 1 aliphatic rings. The molecule has 1 aliphatic heterocycles. The van der Waals surface area contributed by atoms with Gasteiger partial charge in [-0.1, -0.05) is 74.0 Å². The Hall–Kier alpha value is -3.84. The molecule has 1 fully saturated rings. The maximum atomic E-state index is 13.0. The van der Waals surface area contributed by atoms with E-state index in [0.717, 1.165) is 38.8 Å². The van der Waals surface area contributed by atoms with Crippen LogP contribution in [0.5, 0.6) is 5.75 Å². The number of hydrogen-bond acceptors (Lipinski definition) is 4. The van der Waals surface area contributed by atoms with Crippen LogP contribution in [-0.2, 0) is 0 Å². The van der Waals surface area contributed by atoms with Gasteiger partial charge in [0.2, 0.25) is 0 Å². The predicted molar refractivity (Wildman–Crippen MR) is 151 cm³/mol. The number of benzene rings is 3. The van der Waals surface area contributed by atoms with Crippen LogP contribution in [0.25, 0.3) is 0 Å². The van der Waals surface area contributed by atoms with Gasteiger partial charge < -0.3 is 21.1 Å². The highest BCUT2D eigenvalue weighted by molar-refractivity contribution is 6.03. The summed E-state index contributed by atoms with van der Waals surface area (Å²) < 4.78 is 0. The second-order valence-corrected chi connectivity index (χ2v) is 9.88. The lowest BCUT2D eigenvalue weighted by Crippen LogP contribution is -2.40. The molecular weight excluding hydrogens is 476 g/mol. The van der Waals surface area contributed by atoms with Crippen molar-refractivity contribution < 1.29 is 14.7 Å². The van der Waals surface area contributed by atoms with E-state index in [1.807, 2.05) is 12.1 Å². The Morgan fingerprint density at radius 3 is 2.16 bits per heavy atom. The summed E-state index contributed by atoms with van der Waals surface area (Å²) in [5.41, 5.74) is 3.19. The van der Waals surface area contributed by atoms with Crippen molar-refractivity contribution in [3.8, 4) is 5.75 Å². The first kappa shape index (κ1) is 27.2. The summed E-state index contributed by atoms with van der Waals surface area (Å²) in [6.07, 6.45) is 3.81. The summed E-state index contributed by atoms with van der Waals surface area (Å²) in [7, 11) is 0. The highest BCUT2D eigenvalue weighted by Gasteiger charge is 2.27. The molecule has 38 heavy (non-hydrogen) atoms. The minimum atomic E-state index is -0.364. The van der Waals surface area contributed by atoms with E-state index in [0.29, 0.717) is 24.7 Å². The molecule has 200 valence electrons. The van der Waals surface area contributed by atoms with Crippen LogP contribution < -0.4 is 16.0 Å². The molecular formula is C31H38N4O3. The van der Waals surface area contributed by atoms with E-state index >= 15 is 0 Å².